The van der Waals surface area contributed by atoms with Gasteiger partial charge in [-0.1, -0.05) is 18.2 Å². The normalized spacial score (nSPS) is 19.5. The molecule has 1 aliphatic heterocycles. The van der Waals surface area contributed by atoms with Crippen LogP contribution in [-0.2, 0) is 17.1 Å². The Kier molecular flexibility index (Phi) is 5.28. The van der Waals surface area contributed by atoms with E-state index in [1.165, 1.54) is 29.0 Å². The molecule has 2 unspecified atom stereocenters. The van der Waals surface area contributed by atoms with Crippen molar-refractivity contribution in [2.75, 3.05) is 18.4 Å². The van der Waals surface area contributed by atoms with Gasteiger partial charge >= 0.3 is 0 Å². The number of nitrogens with one attached hydrogen (secondary N) is 1. The van der Waals surface area contributed by atoms with Crippen molar-refractivity contribution in [2.24, 2.45) is 7.05 Å². The number of anilines is 1. The Balaban J connectivity index is 1.66. The third kappa shape index (κ3) is 3.92. The first-order chi connectivity index (χ1) is 14.4. The molecule has 9 heteroatoms. The van der Waals surface area contributed by atoms with Gasteiger partial charge in [0, 0.05) is 44.0 Å². The van der Waals surface area contributed by atoms with Crippen molar-refractivity contribution in [1.82, 2.24) is 13.9 Å². The van der Waals surface area contributed by atoms with Crippen LogP contribution in [0.1, 0.15) is 17.0 Å². The molecule has 154 valence electrons. The molecule has 4 rings (SSSR count). The van der Waals surface area contributed by atoms with Crippen molar-refractivity contribution >= 4 is 15.7 Å². The number of hydrogen-bond acceptors (Lipinski definition) is 5. The van der Waals surface area contributed by atoms with Gasteiger partial charge in [-0.05, 0) is 35.9 Å². The molecule has 2 heterocycles. The second kappa shape index (κ2) is 7.89. The number of nitriles is 1. The molecule has 2 atom stereocenters. The molecule has 1 aliphatic rings. The van der Waals surface area contributed by atoms with Gasteiger partial charge in [0.25, 0.3) is 10.0 Å². The number of aromatic nitrogens is 2. The van der Waals surface area contributed by atoms with E-state index in [2.05, 4.69) is 16.4 Å². The summed E-state index contributed by atoms with van der Waals surface area (Å²) in [6, 6.07) is 15.0. The fourth-order valence-corrected chi connectivity index (χ4v) is 5.16. The van der Waals surface area contributed by atoms with Crippen molar-refractivity contribution in [3.63, 3.8) is 0 Å². The van der Waals surface area contributed by atoms with Gasteiger partial charge in [0.05, 0.1) is 18.0 Å². The Hall–Kier alpha value is -3.22. The summed E-state index contributed by atoms with van der Waals surface area (Å²) in [5.41, 5.74) is 2.07. The zero-order chi connectivity index (χ0) is 21.3. The molecule has 0 spiro atoms. The van der Waals surface area contributed by atoms with Gasteiger partial charge in [0.2, 0.25) is 0 Å². The minimum atomic E-state index is -3.77. The lowest BCUT2D eigenvalue weighted by atomic mass is 9.94. The van der Waals surface area contributed by atoms with E-state index >= 15 is 0 Å². The molecule has 0 aliphatic carbocycles. The predicted molar refractivity (Wildman–Crippen MR) is 110 cm³/mol. The number of aryl methyl sites for hydroxylation is 1. The minimum absolute atomic E-state index is 0.00464. The highest BCUT2D eigenvalue weighted by atomic mass is 32.2. The van der Waals surface area contributed by atoms with Crippen molar-refractivity contribution in [2.45, 2.75) is 17.0 Å². The summed E-state index contributed by atoms with van der Waals surface area (Å²) in [5, 5.41) is 12.5. The summed E-state index contributed by atoms with van der Waals surface area (Å²) in [6.07, 6.45) is 2.92. The summed E-state index contributed by atoms with van der Waals surface area (Å²) in [7, 11) is -2.06. The maximum Gasteiger partial charge on any atom is 0.262 e. The van der Waals surface area contributed by atoms with E-state index in [1.807, 2.05) is 6.07 Å². The van der Waals surface area contributed by atoms with Crippen LogP contribution in [0.15, 0.2) is 66.1 Å². The highest BCUT2D eigenvalue weighted by molar-refractivity contribution is 7.89. The van der Waals surface area contributed by atoms with Gasteiger partial charge < -0.3 is 9.88 Å². The number of rotatable bonds is 5. The number of hydrogen-bond donors (Lipinski definition) is 1. The average Bonchev–Trinajstić information content (AvgIpc) is 3.36. The third-order valence-electron chi connectivity index (χ3n) is 5.21. The van der Waals surface area contributed by atoms with E-state index in [1.54, 1.807) is 41.9 Å². The van der Waals surface area contributed by atoms with Crippen LogP contribution in [-0.4, -0.2) is 41.4 Å². The lowest BCUT2D eigenvalue weighted by molar-refractivity contribution is 0.468. The molecule has 1 saturated heterocycles. The third-order valence-corrected chi connectivity index (χ3v) is 6.93. The number of imidazole rings is 1. The maximum absolute atomic E-state index is 13.4. The molecule has 3 aromatic rings. The first kappa shape index (κ1) is 20.1. The Morgan fingerprint density at radius 3 is 2.63 bits per heavy atom. The smallest absolute Gasteiger partial charge is 0.262 e. The summed E-state index contributed by atoms with van der Waals surface area (Å²) < 4.78 is 42.6. The van der Waals surface area contributed by atoms with Gasteiger partial charge in [-0.15, -0.1) is 0 Å². The van der Waals surface area contributed by atoms with Gasteiger partial charge in [-0.3, -0.25) is 0 Å². The Bertz CT molecular complexity index is 1200. The molecule has 0 saturated carbocycles. The number of halogens is 1. The molecule has 0 radical (unpaired) electrons. The second-order valence-electron chi connectivity index (χ2n) is 7.30. The van der Waals surface area contributed by atoms with Gasteiger partial charge in [0.15, 0.2) is 5.03 Å². The van der Waals surface area contributed by atoms with Crippen LogP contribution < -0.4 is 5.32 Å². The van der Waals surface area contributed by atoms with Gasteiger partial charge in [-0.25, -0.2) is 17.8 Å². The zero-order valence-electron chi connectivity index (χ0n) is 16.2. The van der Waals surface area contributed by atoms with E-state index in [9.17, 15) is 12.8 Å². The Morgan fingerprint density at radius 1 is 1.20 bits per heavy atom. The van der Waals surface area contributed by atoms with Gasteiger partial charge in [0.1, 0.15) is 5.82 Å². The summed E-state index contributed by atoms with van der Waals surface area (Å²) in [4.78, 5) is 4.00. The Morgan fingerprint density at radius 2 is 1.97 bits per heavy atom. The van der Waals surface area contributed by atoms with Crippen LogP contribution >= 0.6 is 0 Å². The zero-order valence-corrected chi connectivity index (χ0v) is 17.1. The quantitative estimate of drug-likeness (QED) is 0.679. The van der Waals surface area contributed by atoms with Crippen LogP contribution in [0.4, 0.5) is 10.1 Å². The predicted octanol–water partition coefficient (Wildman–Crippen LogP) is 2.70. The molecule has 0 bridgehead atoms. The van der Waals surface area contributed by atoms with Crippen LogP contribution in [0, 0.1) is 17.1 Å². The van der Waals surface area contributed by atoms with Crippen molar-refractivity contribution in [3.05, 3.63) is 78.0 Å². The Labute approximate surface area is 174 Å². The summed E-state index contributed by atoms with van der Waals surface area (Å²) in [5.74, 6) is -0.546. The molecule has 1 fully saturated rings. The van der Waals surface area contributed by atoms with Crippen molar-refractivity contribution in [3.8, 4) is 6.07 Å². The molecule has 0 amide bonds. The topological polar surface area (TPSA) is 91.0 Å². The minimum Gasteiger partial charge on any atom is -0.380 e. The standard InChI is InChI=1S/C21H20FN5O2S/c1-26-13-21(24-14-26)30(28,29)27-11-19(16-5-7-17(22)8-6-16)20(12-27)25-18-4-2-3-15(9-18)10-23/h2-9,13-14,19-20,25H,11-12H2,1H3. The highest BCUT2D eigenvalue weighted by Crippen LogP contribution is 2.33. The van der Waals surface area contributed by atoms with E-state index in [-0.39, 0.29) is 35.9 Å². The molecule has 2 aromatic carbocycles. The van der Waals surface area contributed by atoms with E-state index in [0.29, 0.717) is 5.56 Å². The lowest BCUT2D eigenvalue weighted by Crippen LogP contribution is -2.32. The SMILES string of the molecule is Cn1cnc(S(=O)(=O)N2CC(Nc3cccc(C#N)c3)C(c3ccc(F)cc3)C2)c1. The summed E-state index contributed by atoms with van der Waals surface area (Å²) >= 11 is 0. The number of benzene rings is 2. The van der Waals surface area contributed by atoms with E-state index in [4.69, 9.17) is 5.26 Å². The first-order valence-electron chi connectivity index (χ1n) is 9.37. The fourth-order valence-electron chi connectivity index (χ4n) is 3.70. The van der Waals surface area contributed by atoms with E-state index < -0.39 is 10.0 Å². The van der Waals surface area contributed by atoms with Crippen molar-refractivity contribution in [1.29, 1.82) is 5.26 Å². The first-order valence-corrected chi connectivity index (χ1v) is 10.8. The largest absolute Gasteiger partial charge is 0.380 e. The summed E-state index contributed by atoms with van der Waals surface area (Å²) in [6.45, 7) is 0.456. The number of sulfonamides is 1. The number of nitrogens with zero attached hydrogens (tertiary/aromatic N) is 4. The highest BCUT2D eigenvalue weighted by Gasteiger charge is 2.41. The molecule has 30 heavy (non-hydrogen) atoms. The van der Waals surface area contributed by atoms with Gasteiger partial charge in [-0.2, -0.15) is 9.57 Å². The average molecular weight is 425 g/mol. The fraction of sp³-hybridized carbons (Fsp3) is 0.238. The van der Waals surface area contributed by atoms with E-state index in [0.717, 1.165) is 11.3 Å². The monoisotopic (exact) mass is 425 g/mol. The van der Waals surface area contributed by atoms with Crippen LogP contribution in [0.5, 0.6) is 0 Å². The van der Waals surface area contributed by atoms with Crippen LogP contribution in [0.25, 0.3) is 0 Å². The molecule has 1 aromatic heterocycles. The van der Waals surface area contributed by atoms with Crippen molar-refractivity contribution < 1.29 is 12.8 Å². The second-order valence-corrected chi connectivity index (χ2v) is 9.19. The molecule has 7 nitrogen and oxygen atoms in total. The maximum atomic E-state index is 13.4. The van der Waals surface area contributed by atoms with Crippen LogP contribution in [0.3, 0.4) is 0 Å². The molecular weight excluding hydrogens is 405 g/mol. The lowest BCUT2D eigenvalue weighted by Gasteiger charge is -2.21. The molecular formula is C21H20FN5O2S. The molecule has 1 N–H and O–H groups in total. The van der Waals surface area contributed by atoms with Crippen LogP contribution in [0.2, 0.25) is 0 Å².